The molecule has 0 aromatic heterocycles. The smallest absolute Gasteiger partial charge is 0.406 e. The van der Waals surface area contributed by atoms with Gasteiger partial charge >= 0.3 is 6.36 Å². The summed E-state index contributed by atoms with van der Waals surface area (Å²) >= 11 is 0. The zero-order valence-corrected chi connectivity index (χ0v) is 14.8. The van der Waals surface area contributed by atoms with Crippen LogP contribution >= 0.6 is 0 Å². The normalized spacial score (nSPS) is 11.2. The Bertz CT molecular complexity index is 785. The molecule has 2 amide bonds. The molecule has 0 radical (unpaired) electrons. The van der Waals surface area contributed by atoms with Crippen molar-refractivity contribution in [3.8, 4) is 5.75 Å². The van der Waals surface area contributed by atoms with Crippen LogP contribution in [0.1, 0.15) is 19.4 Å². The highest BCUT2D eigenvalue weighted by Gasteiger charge is 2.30. The number of ether oxygens (including phenoxy) is 1. The predicted molar refractivity (Wildman–Crippen MR) is 95.4 cm³/mol. The van der Waals surface area contributed by atoms with Crippen molar-refractivity contribution in [1.82, 2.24) is 0 Å². The first kappa shape index (κ1) is 20.3. The van der Waals surface area contributed by atoms with Gasteiger partial charge in [0.25, 0.3) is 0 Å². The minimum Gasteiger partial charge on any atom is -0.406 e. The third-order valence-electron chi connectivity index (χ3n) is 3.48. The number of hydrogen-bond donors (Lipinski definition) is 2. The number of carbonyl (C=O) groups is 2. The summed E-state index contributed by atoms with van der Waals surface area (Å²) in [4.78, 5) is 23.7. The van der Waals surface area contributed by atoms with Gasteiger partial charge in [-0.15, -0.1) is 13.2 Å². The van der Waals surface area contributed by atoms with E-state index in [1.165, 1.54) is 12.1 Å². The van der Waals surface area contributed by atoms with E-state index in [4.69, 9.17) is 0 Å². The van der Waals surface area contributed by atoms with Gasteiger partial charge in [0.1, 0.15) is 5.75 Å². The van der Waals surface area contributed by atoms with Crippen molar-refractivity contribution in [3.63, 3.8) is 0 Å². The largest absolute Gasteiger partial charge is 0.573 e. The number of carbonyl (C=O) groups excluding carboxylic acids is 2. The van der Waals surface area contributed by atoms with Gasteiger partial charge in [-0.2, -0.15) is 0 Å². The van der Waals surface area contributed by atoms with E-state index < -0.39 is 6.36 Å². The molecule has 0 spiro atoms. The minimum absolute atomic E-state index is 0.00185. The summed E-state index contributed by atoms with van der Waals surface area (Å²) in [6, 6.07) is 11.7. The molecule has 0 aliphatic heterocycles. The number of benzene rings is 2. The Morgan fingerprint density at radius 1 is 0.926 bits per heavy atom. The van der Waals surface area contributed by atoms with Crippen molar-refractivity contribution in [2.24, 2.45) is 5.92 Å². The van der Waals surface area contributed by atoms with Crippen molar-refractivity contribution < 1.29 is 27.5 Å². The Balaban J connectivity index is 1.89. The lowest BCUT2D eigenvalue weighted by atomic mass is 10.1. The van der Waals surface area contributed by atoms with Crippen LogP contribution in [0.2, 0.25) is 0 Å². The summed E-state index contributed by atoms with van der Waals surface area (Å²) < 4.78 is 40.1. The van der Waals surface area contributed by atoms with Crippen LogP contribution in [0.4, 0.5) is 24.5 Å². The van der Waals surface area contributed by atoms with E-state index in [2.05, 4.69) is 15.4 Å². The molecule has 2 aromatic rings. The average molecular weight is 380 g/mol. The van der Waals surface area contributed by atoms with Crippen LogP contribution in [0, 0.1) is 5.92 Å². The number of nitrogens with one attached hydrogen (secondary N) is 2. The molecule has 0 aliphatic rings. The third kappa shape index (κ3) is 7.01. The molecule has 2 rings (SSSR count). The molecule has 2 N–H and O–H groups in total. The van der Waals surface area contributed by atoms with Gasteiger partial charge in [0, 0.05) is 17.3 Å². The molecule has 0 aliphatic carbocycles. The maximum atomic E-state index is 12.1. The van der Waals surface area contributed by atoms with Crippen LogP contribution in [0.15, 0.2) is 48.5 Å². The summed E-state index contributed by atoms with van der Waals surface area (Å²) in [5.41, 5.74) is 1.70. The highest BCUT2D eigenvalue weighted by molar-refractivity contribution is 5.94. The zero-order valence-electron chi connectivity index (χ0n) is 14.8. The van der Waals surface area contributed by atoms with E-state index in [0.717, 1.165) is 12.1 Å². The van der Waals surface area contributed by atoms with Gasteiger partial charge in [-0.25, -0.2) is 0 Å². The number of amides is 2. The molecule has 27 heavy (non-hydrogen) atoms. The molecule has 0 fully saturated rings. The van der Waals surface area contributed by atoms with Crippen LogP contribution in [0.25, 0.3) is 0 Å². The topological polar surface area (TPSA) is 67.4 Å². The van der Waals surface area contributed by atoms with Gasteiger partial charge in [-0.1, -0.05) is 26.0 Å². The Labute approximate surface area is 154 Å². The van der Waals surface area contributed by atoms with E-state index >= 15 is 0 Å². The molecule has 0 heterocycles. The number of alkyl halides is 3. The van der Waals surface area contributed by atoms with E-state index in [0.29, 0.717) is 16.9 Å². The zero-order chi connectivity index (χ0) is 20.0. The van der Waals surface area contributed by atoms with E-state index in [-0.39, 0.29) is 29.9 Å². The fourth-order valence-electron chi connectivity index (χ4n) is 2.12. The summed E-state index contributed by atoms with van der Waals surface area (Å²) in [6.45, 7) is 3.57. The van der Waals surface area contributed by atoms with Gasteiger partial charge in [-0.3, -0.25) is 9.59 Å². The van der Waals surface area contributed by atoms with Crippen molar-refractivity contribution in [1.29, 1.82) is 0 Å². The Morgan fingerprint density at radius 3 is 1.93 bits per heavy atom. The summed E-state index contributed by atoms with van der Waals surface area (Å²) in [5.74, 6) is -0.911. The van der Waals surface area contributed by atoms with Crippen LogP contribution in [0.5, 0.6) is 5.75 Å². The molecule has 0 saturated heterocycles. The van der Waals surface area contributed by atoms with Crippen LogP contribution in [0.3, 0.4) is 0 Å². The van der Waals surface area contributed by atoms with Gasteiger partial charge < -0.3 is 15.4 Å². The summed E-state index contributed by atoms with van der Waals surface area (Å²) in [6.07, 6.45) is -4.75. The fraction of sp³-hybridized carbons (Fsp3) is 0.263. The second-order valence-corrected chi connectivity index (χ2v) is 6.14. The molecule has 2 aromatic carbocycles. The molecule has 0 unspecified atom stereocenters. The molecule has 144 valence electrons. The van der Waals surface area contributed by atoms with Crippen LogP contribution < -0.4 is 15.4 Å². The predicted octanol–water partition coefficient (Wildman–Crippen LogP) is 4.36. The van der Waals surface area contributed by atoms with E-state index in [1.54, 1.807) is 38.1 Å². The Morgan fingerprint density at radius 2 is 1.44 bits per heavy atom. The lowest BCUT2D eigenvalue weighted by Gasteiger charge is -2.10. The highest BCUT2D eigenvalue weighted by Crippen LogP contribution is 2.23. The second kappa shape index (κ2) is 8.57. The second-order valence-electron chi connectivity index (χ2n) is 6.14. The van der Waals surface area contributed by atoms with Gasteiger partial charge in [0.2, 0.25) is 11.8 Å². The van der Waals surface area contributed by atoms with Crippen molar-refractivity contribution in [3.05, 3.63) is 54.1 Å². The average Bonchev–Trinajstić information content (AvgIpc) is 2.57. The first-order chi connectivity index (χ1) is 12.6. The number of rotatable bonds is 6. The summed E-state index contributed by atoms with van der Waals surface area (Å²) in [5, 5.41) is 5.42. The molecule has 0 bridgehead atoms. The monoisotopic (exact) mass is 380 g/mol. The molecular formula is C19H19F3N2O3. The van der Waals surface area contributed by atoms with Crippen LogP contribution in [-0.2, 0) is 16.0 Å². The third-order valence-corrected chi connectivity index (χ3v) is 3.48. The van der Waals surface area contributed by atoms with Gasteiger partial charge in [0.05, 0.1) is 6.42 Å². The molecule has 5 nitrogen and oxygen atoms in total. The first-order valence-corrected chi connectivity index (χ1v) is 8.18. The van der Waals surface area contributed by atoms with Crippen molar-refractivity contribution in [2.45, 2.75) is 26.6 Å². The summed E-state index contributed by atoms with van der Waals surface area (Å²) in [7, 11) is 0. The maximum absolute atomic E-state index is 12.1. The molecule has 0 saturated carbocycles. The lowest BCUT2D eigenvalue weighted by Crippen LogP contribution is -2.18. The van der Waals surface area contributed by atoms with Crippen LogP contribution in [-0.4, -0.2) is 18.2 Å². The quantitative estimate of drug-likeness (QED) is 0.782. The number of anilines is 2. The van der Waals surface area contributed by atoms with Gasteiger partial charge in [-0.05, 0) is 42.0 Å². The number of halogens is 3. The molecule has 0 atom stereocenters. The fourth-order valence-corrected chi connectivity index (χ4v) is 2.12. The van der Waals surface area contributed by atoms with E-state index in [1.807, 2.05) is 0 Å². The van der Waals surface area contributed by atoms with E-state index in [9.17, 15) is 22.8 Å². The van der Waals surface area contributed by atoms with Gasteiger partial charge in [0.15, 0.2) is 0 Å². The minimum atomic E-state index is -4.75. The lowest BCUT2D eigenvalue weighted by molar-refractivity contribution is -0.274. The Hall–Kier alpha value is -3.03. The Kier molecular flexibility index (Phi) is 6.44. The molecule has 8 heteroatoms. The first-order valence-electron chi connectivity index (χ1n) is 8.18. The highest BCUT2D eigenvalue weighted by atomic mass is 19.4. The SMILES string of the molecule is CC(C)C(=O)Nc1ccc(NC(=O)Cc2ccc(OC(F)(F)F)cc2)cc1. The standard InChI is InChI=1S/C19H19F3N2O3/c1-12(2)18(26)24-15-7-5-14(6-8-15)23-17(25)11-13-3-9-16(10-4-13)27-19(20,21)22/h3-10,12H,11H2,1-2H3,(H,23,25)(H,24,26). The van der Waals surface area contributed by atoms with Crippen molar-refractivity contribution in [2.75, 3.05) is 10.6 Å². The maximum Gasteiger partial charge on any atom is 0.573 e. The number of hydrogen-bond acceptors (Lipinski definition) is 3. The molecular weight excluding hydrogens is 361 g/mol. The van der Waals surface area contributed by atoms with Crippen molar-refractivity contribution >= 4 is 23.2 Å².